The molecule has 104 valence electrons. The molecule has 2 heterocycles. The molecule has 1 amide bonds. The third-order valence-electron chi connectivity index (χ3n) is 3.88. The molecule has 2 atom stereocenters. The lowest BCUT2D eigenvalue weighted by Crippen LogP contribution is -2.47. The van der Waals surface area contributed by atoms with Crippen LogP contribution in [0.3, 0.4) is 0 Å². The Kier molecular flexibility index (Phi) is 3.16. The van der Waals surface area contributed by atoms with Crippen LogP contribution in [0.4, 0.5) is 5.69 Å². The second kappa shape index (κ2) is 4.85. The van der Waals surface area contributed by atoms with Gasteiger partial charge in [-0.05, 0) is 19.1 Å². The number of nitrogens with one attached hydrogen (secondary N) is 1. The van der Waals surface area contributed by atoms with E-state index in [0.29, 0.717) is 18.9 Å². The first kappa shape index (κ1) is 13.0. The Morgan fingerprint density at radius 3 is 3.05 bits per heavy atom. The monoisotopic (exact) mass is 271 g/mol. The SMILES string of the molecule is CC1(C(=O)Nc2cnc3ccccc3c2)COCC1N. The number of anilines is 1. The van der Waals surface area contributed by atoms with Crippen LogP contribution in [0.1, 0.15) is 6.92 Å². The van der Waals surface area contributed by atoms with Crippen molar-refractivity contribution in [3.8, 4) is 0 Å². The van der Waals surface area contributed by atoms with Crippen molar-refractivity contribution in [1.82, 2.24) is 4.98 Å². The average Bonchev–Trinajstić information content (AvgIpc) is 2.80. The fraction of sp³-hybridized carbons (Fsp3) is 0.333. The summed E-state index contributed by atoms with van der Waals surface area (Å²) in [5.74, 6) is -0.125. The van der Waals surface area contributed by atoms with Crippen LogP contribution in [0.25, 0.3) is 10.9 Å². The van der Waals surface area contributed by atoms with E-state index in [1.165, 1.54) is 0 Å². The van der Waals surface area contributed by atoms with Crippen molar-refractivity contribution in [2.75, 3.05) is 18.5 Å². The summed E-state index contributed by atoms with van der Waals surface area (Å²) in [6.45, 7) is 2.59. The van der Waals surface area contributed by atoms with Crippen LogP contribution in [0.2, 0.25) is 0 Å². The number of pyridine rings is 1. The van der Waals surface area contributed by atoms with Crippen LogP contribution in [0.15, 0.2) is 36.5 Å². The Hall–Kier alpha value is -1.98. The standard InChI is InChI=1S/C15H17N3O2/c1-15(9-20-8-13(15)16)14(19)18-11-6-10-4-2-3-5-12(10)17-7-11/h2-7,13H,8-9,16H2,1H3,(H,18,19). The molecule has 20 heavy (non-hydrogen) atoms. The molecule has 1 aliphatic rings. The van der Waals surface area contributed by atoms with Gasteiger partial charge < -0.3 is 15.8 Å². The molecule has 2 aromatic rings. The van der Waals surface area contributed by atoms with Gasteiger partial charge in [0.25, 0.3) is 0 Å². The summed E-state index contributed by atoms with van der Waals surface area (Å²) in [5.41, 5.74) is 6.84. The Labute approximate surface area is 117 Å². The van der Waals surface area contributed by atoms with Crippen LogP contribution in [-0.2, 0) is 9.53 Å². The van der Waals surface area contributed by atoms with E-state index in [0.717, 1.165) is 10.9 Å². The van der Waals surface area contributed by atoms with Gasteiger partial charge in [-0.3, -0.25) is 9.78 Å². The molecule has 0 spiro atoms. The zero-order valence-electron chi connectivity index (χ0n) is 11.3. The van der Waals surface area contributed by atoms with Crippen LogP contribution >= 0.6 is 0 Å². The minimum absolute atomic E-state index is 0.125. The van der Waals surface area contributed by atoms with Crippen molar-refractivity contribution < 1.29 is 9.53 Å². The quantitative estimate of drug-likeness (QED) is 0.868. The zero-order chi connectivity index (χ0) is 14.2. The molecule has 0 radical (unpaired) electrons. The van der Waals surface area contributed by atoms with Gasteiger partial charge in [0, 0.05) is 11.4 Å². The Morgan fingerprint density at radius 1 is 1.50 bits per heavy atom. The van der Waals surface area contributed by atoms with Gasteiger partial charge in [-0.1, -0.05) is 18.2 Å². The third kappa shape index (κ3) is 2.15. The van der Waals surface area contributed by atoms with Gasteiger partial charge in [0.05, 0.1) is 36.0 Å². The Morgan fingerprint density at radius 2 is 2.30 bits per heavy atom. The van der Waals surface area contributed by atoms with Gasteiger partial charge in [-0.25, -0.2) is 0 Å². The van der Waals surface area contributed by atoms with Crippen molar-refractivity contribution in [3.63, 3.8) is 0 Å². The highest BCUT2D eigenvalue weighted by Crippen LogP contribution is 2.29. The van der Waals surface area contributed by atoms with Gasteiger partial charge in [0.1, 0.15) is 0 Å². The number of amides is 1. The first-order valence-electron chi connectivity index (χ1n) is 6.59. The second-order valence-electron chi connectivity index (χ2n) is 5.41. The maximum Gasteiger partial charge on any atom is 0.234 e. The summed E-state index contributed by atoms with van der Waals surface area (Å²) >= 11 is 0. The number of hydrogen-bond acceptors (Lipinski definition) is 4. The maximum atomic E-state index is 12.4. The van der Waals surface area contributed by atoms with E-state index >= 15 is 0 Å². The average molecular weight is 271 g/mol. The lowest BCUT2D eigenvalue weighted by Gasteiger charge is -2.25. The van der Waals surface area contributed by atoms with Gasteiger partial charge in [-0.15, -0.1) is 0 Å². The van der Waals surface area contributed by atoms with Crippen LogP contribution < -0.4 is 11.1 Å². The molecule has 1 aromatic carbocycles. The van der Waals surface area contributed by atoms with Crippen molar-refractivity contribution in [2.24, 2.45) is 11.1 Å². The van der Waals surface area contributed by atoms with E-state index in [9.17, 15) is 4.79 Å². The molecule has 5 heteroatoms. The van der Waals surface area contributed by atoms with Crippen LogP contribution in [0, 0.1) is 5.41 Å². The van der Waals surface area contributed by atoms with Gasteiger partial charge in [0.2, 0.25) is 5.91 Å². The number of rotatable bonds is 2. The minimum atomic E-state index is -0.689. The summed E-state index contributed by atoms with van der Waals surface area (Å²) in [6, 6.07) is 9.40. The predicted octanol–water partition coefficient (Wildman–Crippen LogP) is 1.54. The molecule has 2 unspecified atom stereocenters. The maximum absolute atomic E-state index is 12.4. The Balaban J connectivity index is 1.84. The number of nitrogens with zero attached hydrogens (tertiary/aromatic N) is 1. The van der Waals surface area contributed by atoms with Crippen molar-refractivity contribution >= 4 is 22.5 Å². The molecular weight excluding hydrogens is 254 g/mol. The third-order valence-corrected chi connectivity index (χ3v) is 3.88. The van der Waals surface area contributed by atoms with Gasteiger partial charge in [0.15, 0.2) is 0 Å². The van der Waals surface area contributed by atoms with E-state index in [1.54, 1.807) is 6.20 Å². The topological polar surface area (TPSA) is 77.2 Å². The van der Waals surface area contributed by atoms with Crippen molar-refractivity contribution in [2.45, 2.75) is 13.0 Å². The summed E-state index contributed by atoms with van der Waals surface area (Å²) in [7, 11) is 0. The van der Waals surface area contributed by atoms with Crippen LogP contribution in [-0.4, -0.2) is 30.1 Å². The number of carbonyl (C=O) groups excluding carboxylic acids is 1. The molecular formula is C15H17N3O2. The molecule has 5 nitrogen and oxygen atoms in total. The zero-order valence-corrected chi connectivity index (χ0v) is 11.3. The molecule has 3 N–H and O–H groups in total. The smallest absolute Gasteiger partial charge is 0.234 e. The number of aromatic nitrogens is 1. The molecule has 0 bridgehead atoms. The number of hydrogen-bond donors (Lipinski definition) is 2. The van der Waals surface area contributed by atoms with Crippen molar-refractivity contribution in [3.05, 3.63) is 36.5 Å². The van der Waals surface area contributed by atoms with Crippen molar-refractivity contribution in [1.29, 1.82) is 0 Å². The largest absolute Gasteiger partial charge is 0.379 e. The molecule has 1 aliphatic heterocycles. The highest BCUT2D eigenvalue weighted by molar-refractivity contribution is 5.97. The molecule has 1 saturated heterocycles. The van der Waals surface area contributed by atoms with E-state index < -0.39 is 5.41 Å². The highest BCUT2D eigenvalue weighted by atomic mass is 16.5. The minimum Gasteiger partial charge on any atom is -0.379 e. The fourth-order valence-corrected chi connectivity index (χ4v) is 2.34. The summed E-state index contributed by atoms with van der Waals surface area (Å²) in [6.07, 6.45) is 1.66. The molecule has 1 fully saturated rings. The van der Waals surface area contributed by atoms with E-state index in [2.05, 4.69) is 10.3 Å². The first-order chi connectivity index (χ1) is 9.59. The van der Waals surface area contributed by atoms with E-state index in [4.69, 9.17) is 10.5 Å². The molecule has 3 rings (SSSR count). The summed E-state index contributed by atoms with van der Waals surface area (Å²) in [5, 5.41) is 3.87. The van der Waals surface area contributed by atoms with Gasteiger partial charge in [-0.2, -0.15) is 0 Å². The Bertz CT molecular complexity index is 658. The summed E-state index contributed by atoms with van der Waals surface area (Å²) < 4.78 is 5.30. The number of benzene rings is 1. The number of para-hydroxylation sites is 1. The van der Waals surface area contributed by atoms with E-state index in [-0.39, 0.29) is 11.9 Å². The number of fused-ring (bicyclic) bond motifs is 1. The molecule has 0 saturated carbocycles. The molecule has 1 aromatic heterocycles. The van der Waals surface area contributed by atoms with E-state index in [1.807, 2.05) is 37.3 Å². The highest BCUT2D eigenvalue weighted by Gasteiger charge is 2.44. The number of ether oxygens (including phenoxy) is 1. The normalized spacial score (nSPS) is 25.8. The summed E-state index contributed by atoms with van der Waals surface area (Å²) in [4.78, 5) is 16.7. The number of nitrogens with two attached hydrogens (primary N) is 1. The first-order valence-corrected chi connectivity index (χ1v) is 6.59. The van der Waals surface area contributed by atoms with Crippen LogP contribution in [0.5, 0.6) is 0 Å². The van der Waals surface area contributed by atoms with Gasteiger partial charge >= 0.3 is 0 Å². The predicted molar refractivity (Wildman–Crippen MR) is 77.3 cm³/mol. The fourth-order valence-electron chi connectivity index (χ4n) is 2.34. The lowest BCUT2D eigenvalue weighted by atomic mass is 9.85. The number of carbonyl (C=O) groups is 1. The molecule has 0 aliphatic carbocycles. The lowest BCUT2D eigenvalue weighted by molar-refractivity contribution is -0.125. The second-order valence-corrected chi connectivity index (χ2v) is 5.41.